The van der Waals surface area contributed by atoms with Crippen molar-refractivity contribution < 1.29 is 14.3 Å². The molecule has 0 saturated heterocycles. The Bertz CT molecular complexity index is 356. The van der Waals surface area contributed by atoms with E-state index in [1.807, 2.05) is 32.9 Å². The number of hydrogen-bond acceptors (Lipinski definition) is 3. The van der Waals surface area contributed by atoms with E-state index in [0.29, 0.717) is 17.9 Å². The number of carbonyl (C=O) groups excluding carboxylic acids is 1. The van der Waals surface area contributed by atoms with Gasteiger partial charge in [0, 0.05) is 0 Å². The van der Waals surface area contributed by atoms with Crippen LogP contribution in [-0.4, -0.2) is 18.7 Å². The lowest BCUT2D eigenvalue weighted by molar-refractivity contribution is 0.0280. The number of carbonyl (C=O) groups is 1. The highest BCUT2D eigenvalue weighted by Crippen LogP contribution is 2.20. The van der Waals surface area contributed by atoms with Gasteiger partial charge in [-0.05, 0) is 31.9 Å². The molecular weight excluding hydrogens is 216 g/mol. The standard InChI is InChI=1S/C14H20O3/c1-4-11(5-2)17-14(15)12-9-7-8-10-13(12)16-6-3/h7-11H,4-6H2,1-3H3. The molecule has 17 heavy (non-hydrogen) atoms. The summed E-state index contributed by atoms with van der Waals surface area (Å²) in [5.41, 5.74) is 0.501. The third-order valence-electron chi connectivity index (χ3n) is 2.59. The SMILES string of the molecule is CCOc1ccccc1C(=O)OC(CC)CC. The molecule has 3 heteroatoms. The lowest BCUT2D eigenvalue weighted by atomic mass is 10.2. The van der Waals surface area contributed by atoms with Crippen LogP contribution in [0, 0.1) is 0 Å². The number of benzene rings is 1. The summed E-state index contributed by atoms with van der Waals surface area (Å²) in [4.78, 5) is 12.0. The maximum atomic E-state index is 12.0. The van der Waals surface area contributed by atoms with Crippen LogP contribution >= 0.6 is 0 Å². The average molecular weight is 236 g/mol. The van der Waals surface area contributed by atoms with Gasteiger partial charge >= 0.3 is 5.97 Å². The second-order valence-corrected chi connectivity index (χ2v) is 3.77. The van der Waals surface area contributed by atoms with Crippen LogP contribution in [0.15, 0.2) is 24.3 Å². The number of esters is 1. The van der Waals surface area contributed by atoms with E-state index in [-0.39, 0.29) is 12.1 Å². The summed E-state index contributed by atoms with van der Waals surface area (Å²) in [7, 11) is 0. The van der Waals surface area contributed by atoms with Crippen molar-refractivity contribution in [2.24, 2.45) is 0 Å². The fourth-order valence-electron chi connectivity index (χ4n) is 1.59. The number of ether oxygens (including phenoxy) is 2. The molecule has 0 fully saturated rings. The highest BCUT2D eigenvalue weighted by molar-refractivity contribution is 5.92. The van der Waals surface area contributed by atoms with Crippen molar-refractivity contribution in [3.8, 4) is 5.75 Å². The third-order valence-corrected chi connectivity index (χ3v) is 2.59. The first-order chi connectivity index (χ1) is 8.22. The van der Waals surface area contributed by atoms with E-state index in [1.165, 1.54) is 0 Å². The number of para-hydroxylation sites is 1. The van der Waals surface area contributed by atoms with E-state index >= 15 is 0 Å². The van der Waals surface area contributed by atoms with Crippen molar-refractivity contribution in [3.05, 3.63) is 29.8 Å². The molecule has 0 bridgehead atoms. The first-order valence-corrected chi connectivity index (χ1v) is 6.15. The largest absolute Gasteiger partial charge is 0.493 e. The van der Waals surface area contributed by atoms with E-state index in [0.717, 1.165) is 12.8 Å². The molecule has 0 aromatic heterocycles. The molecule has 3 nitrogen and oxygen atoms in total. The zero-order chi connectivity index (χ0) is 12.7. The second-order valence-electron chi connectivity index (χ2n) is 3.77. The highest BCUT2D eigenvalue weighted by atomic mass is 16.5. The summed E-state index contributed by atoms with van der Waals surface area (Å²) in [5, 5.41) is 0. The lowest BCUT2D eigenvalue weighted by Crippen LogP contribution is -2.17. The summed E-state index contributed by atoms with van der Waals surface area (Å²) in [5.74, 6) is 0.286. The predicted molar refractivity (Wildman–Crippen MR) is 67.4 cm³/mol. The van der Waals surface area contributed by atoms with Gasteiger partial charge in [-0.15, -0.1) is 0 Å². The normalized spacial score (nSPS) is 10.4. The molecule has 0 aliphatic carbocycles. The molecule has 0 spiro atoms. The van der Waals surface area contributed by atoms with Crippen molar-refractivity contribution in [1.29, 1.82) is 0 Å². The first kappa shape index (κ1) is 13.6. The second kappa shape index (κ2) is 6.94. The first-order valence-electron chi connectivity index (χ1n) is 6.15. The van der Waals surface area contributed by atoms with Crippen LogP contribution in [0.25, 0.3) is 0 Å². The molecule has 0 unspecified atom stereocenters. The van der Waals surface area contributed by atoms with E-state index in [4.69, 9.17) is 9.47 Å². The van der Waals surface area contributed by atoms with Crippen LogP contribution in [0.3, 0.4) is 0 Å². The van der Waals surface area contributed by atoms with Crippen LogP contribution in [0.2, 0.25) is 0 Å². The van der Waals surface area contributed by atoms with E-state index in [1.54, 1.807) is 12.1 Å². The highest BCUT2D eigenvalue weighted by Gasteiger charge is 2.16. The minimum Gasteiger partial charge on any atom is -0.493 e. The third kappa shape index (κ3) is 3.77. The lowest BCUT2D eigenvalue weighted by Gasteiger charge is -2.15. The Balaban J connectivity index is 2.80. The Hall–Kier alpha value is -1.51. The Kier molecular flexibility index (Phi) is 5.53. The molecule has 0 aliphatic heterocycles. The fourth-order valence-corrected chi connectivity index (χ4v) is 1.59. The van der Waals surface area contributed by atoms with Gasteiger partial charge in [0.05, 0.1) is 6.61 Å². The van der Waals surface area contributed by atoms with Crippen molar-refractivity contribution in [1.82, 2.24) is 0 Å². The van der Waals surface area contributed by atoms with Gasteiger partial charge in [0.15, 0.2) is 0 Å². The van der Waals surface area contributed by atoms with Crippen LogP contribution in [0.1, 0.15) is 44.0 Å². The molecule has 0 heterocycles. The average Bonchev–Trinajstić information content (AvgIpc) is 2.36. The summed E-state index contributed by atoms with van der Waals surface area (Å²) in [6.45, 7) is 6.45. The maximum Gasteiger partial charge on any atom is 0.342 e. The molecular formula is C14H20O3. The Labute approximate surface area is 103 Å². The van der Waals surface area contributed by atoms with Gasteiger partial charge < -0.3 is 9.47 Å². The van der Waals surface area contributed by atoms with Crippen molar-refractivity contribution in [3.63, 3.8) is 0 Å². The summed E-state index contributed by atoms with van der Waals surface area (Å²) in [6.07, 6.45) is 1.65. The van der Waals surface area contributed by atoms with Crippen LogP contribution in [0.5, 0.6) is 5.75 Å². The number of rotatable bonds is 6. The van der Waals surface area contributed by atoms with E-state index < -0.39 is 0 Å². The van der Waals surface area contributed by atoms with Gasteiger partial charge in [-0.3, -0.25) is 0 Å². The predicted octanol–water partition coefficient (Wildman–Crippen LogP) is 3.43. The molecule has 0 atom stereocenters. The Morgan fingerprint density at radius 2 is 1.82 bits per heavy atom. The van der Waals surface area contributed by atoms with E-state index in [2.05, 4.69) is 0 Å². The van der Waals surface area contributed by atoms with Crippen LogP contribution < -0.4 is 4.74 Å². The minimum atomic E-state index is -0.303. The van der Waals surface area contributed by atoms with Gasteiger partial charge in [0.1, 0.15) is 17.4 Å². The molecule has 1 aromatic carbocycles. The van der Waals surface area contributed by atoms with Crippen LogP contribution in [0.4, 0.5) is 0 Å². The van der Waals surface area contributed by atoms with E-state index in [9.17, 15) is 4.79 Å². The topological polar surface area (TPSA) is 35.5 Å². The van der Waals surface area contributed by atoms with Gasteiger partial charge in [0.25, 0.3) is 0 Å². The van der Waals surface area contributed by atoms with Crippen molar-refractivity contribution in [2.75, 3.05) is 6.61 Å². The van der Waals surface area contributed by atoms with Gasteiger partial charge in [-0.1, -0.05) is 26.0 Å². The van der Waals surface area contributed by atoms with Crippen molar-refractivity contribution >= 4 is 5.97 Å². The van der Waals surface area contributed by atoms with Crippen LogP contribution in [-0.2, 0) is 4.74 Å². The summed E-state index contributed by atoms with van der Waals surface area (Å²) in [6, 6.07) is 7.17. The maximum absolute atomic E-state index is 12.0. The molecule has 1 rings (SSSR count). The molecule has 0 N–H and O–H groups in total. The van der Waals surface area contributed by atoms with Gasteiger partial charge in [-0.2, -0.15) is 0 Å². The van der Waals surface area contributed by atoms with Gasteiger partial charge in [-0.25, -0.2) is 4.79 Å². The molecule has 1 aromatic rings. The molecule has 0 saturated carbocycles. The summed E-state index contributed by atoms with van der Waals surface area (Å²) < 4.78 is 10.8. The fraction of sp³-hybridized carbons (Fsp3) is 0.500. The zero-order valence-electron chi connectivity index (χ0n) is 10.7. The molecule has 0 aliphatic rings. The molecule has 0 amide bonds. The Morgan fingerprint density at radius 1 is 1.18 bits per heavy atom. The zero-order valence-corrected chi connectivity index (χ0v) is 10.7. The quantitative estimate of drug-likeness (QED) is 0.710. The monoisotopic (exact) mass is 236 g/mol. The Morgan fingerprint density at radius 3 is 2.41 bits per heavy atom. The molecule has 94 valence electrons. The minimum absolute atomic E-state index is 0.0165. The molecule has 0 radical (unpaired) electrons. The smallest absolute Gasteiger partial charge is 0.342 e. The van der Waals surface area contributed by atoms with Gasteiger partial charge in [0.2, 0.25) is 0 Å². The number of hydrogen-bond donors (Lipinski definition) is 0. The van der Waals surface area contributed by atoms with Crippen molar-refractivity contribution in [2.45, 2.75) is 39.7 Å². The summed E-state index contributed by atoms with van der Waals surface area (Å²) >= 11 is 0.